The maximum Gasteiger partial charge on any atom is 0.132 e. The molecular weight excluding hydrogens is 370 g/mol. The maximum absolute atomic E-state index is 4.50. The van der Waals surface area contributed by atoms with Gasteiger partial charge in [-0.1, -0.05) is 41.1 Å². The van der Waals surface area contributed by atoms with E-state index in [1.54, 1.807) is 0 Å². The molecule has 0 amide bonds. The van der Waals surface area contributed by atoms with Crippen molar-refractivity contribution in [3.8, 4) is 0 Å². The van der Waals surface area contributed by atoms with Crippen LogP contribution in [0.15, 0.2) is 39.4 Å². The van der Waals surface area contributed by atoms with Crippen LogP contribution in [0.5, 0.6) is 0 Å². The first kappa shape index (κ1) is 14.5. The first-order chi connectivity index (χ1) is 9.19. The Bertz CT molecular complexity index is 558. The van der Waals surface area contributed by atoms with Crippen LogP contribution in [-0.2, 0) is 13.0 Å². The molecule has 3 nitrogen and oxygen atoms in total. The molecule has 0 aliphatic heterocycles. The Morgan fingerprint density at radius 1 is 1.16 bits per heavy atom. The third-order valence-electron chi connectivity index (χ3n) is 2.63. The lowest BCUT2D eigenvalue weighted by Gasteiger charge is -2.09. The van der Waals surface area contributed by atoms with Gasteiger partial charge in [-0.25, -0.2) is 9.97 Å². The Morgan fingerprint density at radius 2 is 1.95 bits per heavy atom. The highest BCUT2D eigenvalue weighted by Crippen LogP contribution is 2.18. The molecule has 0 unspecified atom stereocenters. The third-order valence-corrected chi connectivity index (χ3v) is 3.81. The van der Waals surface area contributed by atoms with Gasteiger partial charge in [0.25, 0.3) is 0 Å². The van der Waals surface area contributed by atoms with Crippen molar-refractivity contribution in [2.75, 3.05) is 5.32 Å². The predicted molar refractivity (Wildman–Crippen MR) is 85.2 cm³/mol. The van der Waals surface area contributed by atoms with Gasteiger partial charge in [-0.05, 0) is 34.0 Å². The zero-order valence-corrected chi connectivity index (χ0v) is 13.8. The lowest BCUT2D eigenvalue weighted by molar-refractivity contribution is 0.828. The quantitative estimate of drug-likeness (QED) is 0.767. The highest BCUT2D eigenvalue weighted by Gasteiger charge is 2.03. The van der Waals surface area contributed by atoms with Crippen molar-refractivity contribution in [1.82, 2.24) is 9.97 Å². The largest absolute Gasteiger partial charge is 0.366 e. The fourth-order valence-corrected chi connectivity index (χ4v) is 2.56. The van der Waals surface area contributed by atoms with Gasteiger partial charge in [0.2, 0.25) is 0 Å². The van der Waals surface area contributed by atoms with Crippen LogP contribution in [0, 0.1) is 0 Å². The summed E-state index contributed by atoms with van der Waals surface area (Å²) in [5, 5.41) is 3.33. The summed E-state index contributed by atoms with van der Waals surface area (Å²) < 4.78 is 1.92. The topological polar surface area (TPSA) is 37.8 Å². The average Bonchev–Trinajstić information content (AvgIpc) is 2.37. The molecule has 1 aromatic carbocycles. The summed E-state index contributed by atoms with van der Waals surface area (Å²) in [5.74, 6) is 1.72. The molecule has 0 bridgehead atoms. The normalized spacial score (nSPS) is 10.5. The second kappa shape index (κ2) is 7.01. The Kier molecular flexibility index (Phi) is 5.34. The Labute approximate surface area is 130 Å². The van der Waals surface area contributed by atoms with Crippen LogP contribution < -0.4 is 5.32 Å². The van der Waals surface area contributed by atoms with E-state index >= 15 is 0 Å². The van der Waals surface area contributed by atoms with Gasteiger partial charge >= 0.3 is 0 Å². The van der Waals surface area contributed by atoms with Crippen molar-refractivity contribution >= 4 is 37.7 Å². The van der Waals surface area contributed by atoms with Gasteiger partial charge in [0.1, 0.15) is 16.2 Å². The fraction of sp³-hybridized carbons (Fsp3) is 0.286. The summed E-state index contributed by atoms with van der Waals surface area (Å²) in [4.78, 5) is 8.85. The molecule has 5 heteroatoms. The predicted octanol–water partition coefficient (Wildman–Crippen LogP) is 4.57. The lowest BCUT2D eigenvalue weighted by Crippen LogP contribution is -2.05. The molecule has 100 valence electrons. The minimum atomic E-state index is 0.733. The molecule has 1 heterocycles. The number of aromatic nitrogens is 2. The number of rotatable bonds is 5. The zero-order chi connectivity index (χ0) is 13.7. The van der Waals surface area contributed by atoms with Crippen LogP contribution in [0.3, 0.4) is 0 Å². The summed E-state index contributed by atoms with van der Waals surface area (Å²) in [6, 6.07) is 10.1. The van der Waals surface area contributed by atoms with Crippen LogP contribution in [0.25, 0.3) is 0 Å². The average molecular weight is 385 g/mol. The molecule has 19 heavy (non-hydrogen) atoms. The summed E-state index contributed by atoms with van der Waals surface area (Å²) in [5.41, 5.74) is 1.20. The van der Waals surface area contributed by atoms with Crippen LogP contribution >= 0.6 is 31.9 Å². The Morgan fingerprint density at radius 3 is 2.68 bits per heavy atom. The number of anilines is 1. The monoisotopic (exact) mass is 383 g/mol. The molecule has 0 saturated heterocycles. The molecule has 0 aliphatic carbocycles. The van der Waals surface area contributed by atoms with Crippen molar-refractivity contribution in [1.29, 1.82) is 0 Å². The van der Waals surface area contributed by atoms with E-state index in [9.17, 15) is 0 Å². The van der Waals surface area contributed by atoms with Gasteiger partial charge in [0.15, 0.2) is 0 Å². The minimum absolute atomic E-state index is 0.733. The summed E-state index contributed by atoms with van der Waals surface area (Å²) in [7, 11) is 0. The molecule has 1 aromatic heterocycles. The molecular formula is C14H15Br2N3. The smallest absolute Gasteiger partial charge is 0.132 e. The van der Waals surface area contributed by atoms with E-state index in [0.29, 0.717) is 0 Å². The molecule has 2 rings (SSSR count). The van der Waals surface area contributed by atoms with E-state index in [4.69, 9.17) is 0 Å². The Balaban J connectivity index is 2.09. The highest BCUT2D eigenvalue weighted by molar-refractivity contribution is 9.10. The highest BCUT2D eigenvalue weighted by atomic mass is 79.9. The molecule has 0 aliphatic rings. The van der Waals surface area contributed by atoms with Crippen LogP contribution in [0.2, 0.25) is 0 Å². The van der Waals surface area contributed by atoms with Crippen molar-refractivity contribution in [2.45, 2.75) is 26.3 Å². The van der Waals surface area contributed by atoms with Crippen LogP contribution in [0.1, 0.15) is 24.7 Å². The maximum atomic E-state index is 4.50. The standard InChI is InChI=1S/C14H15Br2N3/c1-2-5-13-18-12(16)8-14(19-13)17-9-10-6-3-4-7-11(10)15/h3-4,6-8H,2,5,9H2,1H3,(H,17,18,19). The van der Waals surface area contributed by atoms with E-state index < -0.39 is 0 Å². The fourth-order valence-electron chi connectivity index (χ4n) is 1.72. The van der Waals surface area contributed by atoms with E-state index in [2.05, 4.69) is 60.1 Å². The molecule has 0 spiro atoms. The second-order valence-corrected chi connectivity index (χ2v) is 5.85. The van der Waals surface area contributed by atoms with Crippen LogP contribution in [0.4, 0.5) is 5.82 Å². The summed E-state index contributed by atoms with van der Waals surface area (Å²) >= 11 is 6.96. The number of nitrogens with one attached hydrogen (secondary N) is 1. The third kappa shape index (κ3) is 4.28. The number of nitrogens with zero attached hydrogens (tertiary/aromatic N) is 2. The van der Waals surface area contributed by atoms with Gasteiger partial charge in [-0.3, -0.25) is 0 Å². The number of halogens is 2. The molecule has 0 radical (unpaired) electrons. The number of hydrogen-bond donors (Lipinski definition) is 1. The zero-order valence-electron chi connectivity index (χ0n) is 10.7. The van der Waals surface area contributed by atoms with Gasteiger partial charge < -0.3 is 5.32 Å². The summed E-state index contributed by atoms with van der Waals surface area (Å²) in [6.45, 7) is 2.86. The molecule has 0 saturated carbocycles. The van der Waals surface area contributed by atoms with E-state index in [1.165, 1.54) is 5.56 Å². The molecule has 1 N–H and O–H groups in total. The Hall–Kier alpha value is -0.940. The van der Waals surface area contributed by atoms with Crippen molar-refractivity contribution in [3.05, 3.63) is 50.8 Å². The number of aryl methyl sites for hydroxylation is 1. The van der Waals surface area contributed by atoms with Gasteiger partial charge in [0, 0.05) is 23.5 Å². The second-order valence-electron chi connectivity index (χ2n) is 4.19. The van der Waals surface area contributed by atoms with E-state index in [-0.39, 0.29) is 0 Å². The first-order valence-corrected chi connectivity index (χ1v) is 7.78. The van der Waals surface area contributed by atoms with E-state index in [1.807, 2.05) is 24.3 Å². The molecule has 0 atom stereocenters. The van der Waals surface area contributed by atoms with Crippen molar-refractivity contribution in [3.63, 3.8) is 0 Å². The van der Waals surface area contributed by atoms with Gasteiger partial charge in [-0.2, -0.15) is 0 Å². The number of benzene rings is 1. The first-order valence-electron chi connectivity index (χ1n) is 6.19. The summed E-state index contributed by atoms with van der Waals surface area (Å²) in [6.07, 6.45) is 1.93. The molecule has 2 aromatic rings. The van der Waals surface area contributed by atoms with Crippen molar-refractivity contribution < 1.29 is 0 Å². The number of hydrogen-bond acceptors (Lipinski definition) is 3. The molecule has 0 fully saturated rings. The minimum Gasteiger partial charge on any atom is -0.366 e. The van der Waals surface area contributed by atoms with Gasteiger partial charge in [-0.15, -0.1) is 0 Å². The lowest BCUT2D eigenvalue weighted by atomic mass is 10.2. The van der Waals surface area contributed by atoms with E-state index in [0.717, 1.165) is 40.1 Å². The van der Waals surface area contributed by atoms with Crippen LogP contribution in [-0.4, -0.2) is 9.97 Å². The van der Waals surface area contributed by atoms with Crippen molar-refractivity contribution in [2.24, 2.45) is 0 Å². The van der Waals surface area contributed by atoms with Gasteiger partial charge in [0.05, 0.1) is 0 Å². The SMILES string of the molecule is CCCc1nc(Br)cc(NCc2ccccc2Br)n1.